The van der Waals surface area contributed by atoms with Crippen molar-refractivity contribution in [2.75, 3.05) is 0 Å². The third-order valence-corrected chi connectivity index (χ3v) is 1.11. The van der Waals surface area contributed by atoms with Gasteiger partial charge in [-0.05, 0) is 0 Å². The Morgan fingerprint density at radius 2 is 2.50 bits per heavy atom. The van der Waals surface area contributed by atoms with Gasteiger partial charge in [0.15, 0.2) is 12.5 Å². The molecule has 0 spiro atoms. The number of hydrogen-bond acceptors (Lipinski definition) is 4. The van der Waals surface area contributed by atoms with Gasteiger partial charge in [0.25, 0.3) is 0 Å². The second-order valence-electron chi connectivity index (χ2n) is 1.02. The summed E-state index contributed by atoms with van der Waals surface area (Å²) in [6.07, 6.45) is 1.42. The van der Waals surface area contributed by atoms with Crippen molar-refractivity contribution in [3.8, 4) is 0 Å². The van der Waals surface area contributed by atoms with Crippen molar-refractivity contribution in [3.05, 3.63) is 12.0 Å². The molecule has 0 aromatic carbocycles. The van der Waals surface area contributed by atoms with Gasteiger partial charge in [-0.1, -0.05) is 0 Å². The molecular formula is C3H2O4S. The van der Waals surface area contributed by atoms with Crippen LogP contribution in [0.4, 0.5) is 0 Å². The Labute approximate surface area is 48.0 Å². The largest absolute Gasteiger partial charge is 0.417 e. The maximum Gasteiger partial charge on any atom is 0.417 e. The van der Waals surface area contributed by atoms with E-state index in [9.17, 15) is 9.00 Å². The number of hydrogen-bond donors (Lipinski definition) is 0. The SMILES string of the molecule is O=CC1=COS(=O)O1. The molecule has 4 nitrogen and oxygen atoms in total. The number of rotatable bonds is 1. The van der Waals surface area contributed by atoms with E-state index < -0.39 is 11.4 Å². The van der Waals surface area contributed by atoms with Crippen molar-refractivity contribution in [1.29, 1.82) is 0 Å². The molecular weight excluding hydrogens is 132 g/mol. The molecule has 1 atom stereocenters. The van der Waals surface area contributed by atoms with Crippen LogP contribution in [0.25, 0.3) is 0 Å². The molecule has 8 heavy (non-hydrogen) atoms. The molecule has 0 bridgehead atoms. The molecule has 0 amide bonds. The summed E-state index contributed by atoms with van der Waals surface area (Å²) in [7, 11) is 0. The first kappa shape index (κ1) is 5.30. The van der Waals surface area contributed by atoms with Gasteiger partial charge in [0.1, 0.15) is 0 Å². The van der Waals surface area contributed by atoms with Crippen LogP contribution in [0.5, 0.6) is 0 Å². The molecule has 1 aliphatic heterocycles. The molecule has 1 rings (SSSR count). The minimum absolute atomic E-state index is 0.0386. The fraction of sp³-hybridized carbons (Fsp3) is 0. The van der Waals surface area contributed by atoms with Crippen molar-refractivity contribution in [1.82, 2.24) is 0 Å². The Hall–Kier alpha value is -0.840. The van der Waals surface area contributed by atoms with Gasteiger partial charge in [-0.15, -0.1) is 0 Å². The van der Waals surface area contributed by atoms with E-state index >= 15 is 0 Å². The Bertz CT molecular complexity index is 161. The maximum atomic E-state index is 10.1. The standard InChI is InChI=1S/C3H2O4S/c4-1-3-2-6-8(5)7-3/h1-2H. The molecule has 0 fully saturated rings. The molecule has 0 N–H and O–H groups in total. The number of carbonyl (C=O) groups is 1. The molecule has 0 saturated carbocycles. The van der Waals surface area contributed by atoms with E-state index in [-0.39, 0.29) is 5.76 Å². The molecule has 1 aliphatic rings. The van der Waals surface area contributed by atoms with Gasteiger partial charge in [-0.25, -0.2) is 0 Å². The summed E-state index contributed by atoms with van der Waals surface area (Å²) in [6, 6.07) is 0. The highest BCUT2D eigenvalue weighted by Crippen LogP contribution is 2.07. The lowest BCUT2D eigenvalue weighted by atomic mass is 10.6. The average molecular weight is 134 g/mol. The Balaban J connectivity index is 2.61. The van der Waals surface area contributed by atoms with E-state index in [4.69, 9.17) is 0 Å². The smallest absolute Gasteiger partial charge is 0.375 e. The highest BCUT2D eigenvalue weighted by atomic mass is 32.2. The summed E-state index contributed by atoms with van der Waals surface area (Å²) in [6.45, 7) is 0. The van der Waals surface area contributed by atoms with Crippen LogP contribution in [0.2, 0.25) is 0 Å². The predicted octanol–water partition coefficient (Wildman–Crippen LogP) is -0.348. The first-order valence-electron chi connectivity index (χ1n) is 1.75. The molecule has 0 radical (unpaired) electrons. The van der Waals surface area contributed by atoms with Crippen molar-refractivity contribution in [3.63, 3.8) is 0 Å². The zero-order valence-electron chi connectivity index (χ0n) is 3.70. The highest BCUT2D eigenvalue weighted by Gasteiger charge is 2.12. The fourth-order valence-electron chi connectivity index (χ4n) is 0.252. The van der Waals surface area contributed by atoms with Gasteiger partial charge in [-0.3, -0.25) is 4.79 Å². The van der Waals surface area contributed by atoms with E-state index in [0.29, 0.717) is 6.29 Å². The van der Waals surface area contributed by atoms with Gasteiger partial charge >= 0.3 is 11.4 Å². The summed E-state index contributed by atoms with van der Waals surface area (Å²) >= 11 is -1.78. The predicted molar refractivity (Wildman–Crippen MR) is 24.5 cm³/mol. The van der Waals surface area contributed by atoms with Crippen molar-refractivity contribution < 1.29 is 17.4 Å². The van der Waals surface area contributed by atoms with Gasteiger partial charge in [-0.2, -0.15) is 4.21 Å². The van der Waals surface area contributed by atoms with E-state index in [0.717, 1.165) is 6.26 Å². The third kappa shape index (κ3) is 0.865. The second-order valence-corrected chi connectivity index (χ2v) is 1.79. The minimum atomic E-state index is -1.78. The molecule has 0 saturated heterocycles. The Kier molecular flexibility index (Phi) is 1.29. The van der Waals surface area contributed by atoms with E-state index in [2.05, 4.69) is 8.37 Å². The van der Waals surface area contributed by atoms with Crippen LogP contribution < -0.4 is 0 Å². The van der Waals surface area contributed by atoms with Gasteiger partial charge in [0, 0.05) is 0 Å². The van der Waals surface area contributed by atoms with Crippen molar-refractivity contribution >= 4 is 17.6 Å². The molecule has 0 aliphatic carbocycles. The van der Waals surface area contributed by atoms with Gasteiger partial charge in [0.2, 0.25) is 5.76 Å². The molecule has 1 unspecified atom stereocenters. The summed E-state index contributed by atoms with van der Waals surface area (Å²) in [5.41, 5.74) is 0. The quantitative estimate of drug-likeness (QED) is 0.460. The summed E-state index contributed by atoms with van der Waals surface area (Å²) in [5, 5.41) is 0. The van der Waals surface area contributed by atoms with Crippen LogP contribution in [0.1, 0.15) is 0 Å². The number of carbonyl (C=O) groups excluding carboxylic acids is 1. The first-order valence-corrected chi connectivity index (χ1v) is 2.75. The topological polar surface area (TPSA) is 52.6 Å². The Morgan fingerprint density at radius 1 is 1.75 bits per heavy atom. The molecule has 44 valence electrons. The van der Waals surface area contributed by atoms with Crippen LogP contribution in [0.3, 0.4) is 0 Å². The van der Waals surface area contributed by atoms with Crippen LogP contribution >= 0.6 is 0 Å². The van der Waals surface area contributed by atoms with Crippen LogP contribution in [0, 0.1) is 0 Å². The maximum absolute atomic E-state index is 10.1. The first-order chi connectivity index (χ1) is 3.83. The zero-order chi connectivity index (χ0) is 5.98. The summed E-state index contributed by atoms with van der Waals surface area (Å²) in [5.74, 6) is -0.0386. The lowest BCUT2D eigenvalue weighted by Crippen LogP contribution is -1.87. The average Bonchev–Trinajstić information content (AvgIpc) is 2.14. The number of allylic oxidation sites excluding steroid dienone is 1. The van der Waals surface area contributed by atoms with Gasteiger partial charge in [0.05, 0.1) is 0 Å². The van der Waals surface area contributed by atoms with E-state index in [1.807, 2.05) is 0 Å². The highest BCUT2D eigenvalue weighted by molar-refractivity contribution is 7.75. The third-order valence-electron chi connectivity index (χ3n) is 0.523. The monoisotopic (exact) mass is 134 g/mol. The number of aldehydes is 1. The van der Waals surface area contributed by atoms with Crippen LogP contribution in [-0.2, 0) is 24.5 Å². The second kappa shape index (κ2) is 1.95. The Morgan fingerprint density at radius 3 is 2.75 bits per heavy atom. The van der Waals surface area contributed by atoms with Crippen LogP contribution in [0.15, 0.2) is 12.0 Å². The van der Waals surface area contributed by atoms with Crippen molar-refractivity contribution in [2.24, 2.45) is 0 Å². The van der Waals surface area contributed by atoms with E-state index in [1.54, 1.807) is 0 Å². The lowest BCUT2D eigenvalue weighted by molar-refractivity contribution is -0.106. The molecule has 0 aromatic heterocycles. The fourth-order valence-corrected chi connectivity index (χ4v) is 0.700. The summed E-state index contributed by atoms with van der Waals surface area (Å²) < 4.78 is 18.5. The molecule has 1 heterocycles. The van der Waals surface area contributed by atoms with Crippen LogP contribution in [-0.4, -0.2) is 10.5 Å². The normalized spacial score (nSPS) is 25.5. The minimum Gasteiger partial charge on any atom is -0.375 e. The lowest BCUT2D eigenvalue weighted by Gasteiger charge is -1.84. The van der Waals surface area contributed by atoms with E-state index in [1.165, 1.54) is 0 Å². The zero-order valence-corrected chi connectivity index (χ0v) is 4.51. The molecule has 0 aromatic rings. The van der Waals surface area contributed by atoms with Gasteiger partial charge < -0.3 is 8.37 Å². The molecule has 5 heteroatoms. The van der Waals surface area contributed by atoms with Crippen molar-refractivity contribution in [2.45, 2.75) is 0 Å². The summed E-state index contributed by atoms with van der Waals surface area (Å²) in [4.78, 5) is 9.74.